The molecule has 3 aromatic rings. The van der Waals surface area contributed by atoms with E-state index in [0.717, 1.165) is 24.3 Å². The SMILES string of the molecule is CCc1ccc(Cn2c(CCl)nc3cc(F)ccc32)s1. The van der Waals surface area contributed by atoms with Crippen LogP contribution in [0.1, 0.15) is 22.5 Å². The number of fused-ring (bicyclic) bond motifs is 1. The molecule has 2 aromatic heterocycles. The van der Waals surface area contributed by atoms with E-state index in [1.807, 2.05) is 0 Å². The maximum atomic E-state index is 13.3. The fourth-order valence-electron chi connectivity index (χ4n) is 2.28. The Bertz CT molecular complexity index is 747. The van der Waals surface area contributed by atoms with Crippen molar-refractivity contribution in [3.63, 3.8) is 0 Å². The molecule has 0 aliphatic heterocycles. The third kappa shape index (κ3) is 2.45. The standard InChI is InChI=1S/C15H14ClFN2S/c1-2-11-4-5-12(20-11)9-19-14-6-3-10(17)7-13(14)18-15(19)8-16/h3-7H,2,8-9H2,1H3. The van der Waals surface area contributed by atoms with Crippen LogP contribution in [0.4, 0.5) is 4.39 Å². The second-order valence-electron chi connectivity index (χ2n) is 4.60. The molecule has 0 aliphatic carbocycles. The molecule has 0 spiro atoms. The lowest BCUT2D eigenvalue weighted by atomic mass is 10.3. The zero-order chi connectivity index (χ0) is 14.1. The van der Waals surface area contributed by atoms with E-state index >= 15 is 0 Å². The fourth-order valence-corrected chi connectivity index (χ4v) is 3.44. The van der Waals surface area contributed by atoms with Gasteiger partial charge in [0.05, 0.1) is 23.5 Å². The van der Waals surface area contributed by atoms with Gasteiger partial charge in [-0.2, -0.15) is 0 Å². The van der Waals surface area contributed by atoms with Gasteiger partial charge < -0.3 is 4.57 Å². The summed E-state index contributed by atoms with van der Waals surface area (Å²) in [6.45, 7) is 2.88. The third-order valence-corrected chi connectivity index (χ3v) is 4.74. The van der Waals surface area contributed by atoms with E-state index in [9.17, 15) is 4.39 Å². The summed E-state index contributed by atoms with van der Waals surface area (Å²) in [7, 11) is 0. The monoisotopic (exact) mass is 308 g/mol. The summed E-state index contributed by atoms with van der Waals surface area (Å²) < 4.78 is 15.3. The van der Waals surface area contributed by atoms with Crippen LogP contribution in [0.3, 0.4) is 0 Å². The minimum Gasteiger partial charge on any atom is -0.322 e. The highest BCUT2D eigenvalue weighted by molar-refractivity contribution is 7.11. The molecule has 0 N–H and O–H groups in total. The molecule has 0 saturated carbocycles. The number of aromatic nitrogens is 2. The van der Waals surface area contributed by atoms with Gasteiger partial charge in [0.25, 0.3) is 0 Å². The molecule has 0 atom stereocenters. The van der Waals surface area contributed by atoms with Crippen LogP contribution in [-0.2, 0) is 18.8 Å². The van der Waals surface area contributed by atoms with Crippen molar-refractivity contribution in [3.8, 4) is 0 Å². The molecule has 104 valence electrons. The number of benzene rings is 1. The van der Waals surface area contributed by atoms with Crippen molar-refractivity contribution in [2.45, 2.75) is 25.8 Å². The molecule has 0 amide bonds. The lowest BCUT2D eigenvalue weighted by Crippen LogP contribution is -2.02. The van der Waals surface area contributed by atoms with Gasteiger partial charge in [-0.05, 0) is 30.7 Å². The van der Waals surface area contributed by atoms with Gasteiger partial charge in [-0.25, -0.2) is 9.37 Å². The van der Waals surface area contributed by atoms with Crippen LogP contribution in [-0.4, -0.2) is 9.55 Å². The second-order valence-corrected chi connectivity index (χ2v) is 6.12. The average Bonchev–Trinajstić information content (AvgIpc) is 3.03. The first-order chi connectivity index (χ1) is 9.71. The van der Waals surface area contributed by atoms with Gasteiger partial charge >= 0.3 is 0 Å². The Kier molecular flexibility index (Phi) is 3.76. The number of nitrogens with zero attached hydrogens (tertiary/aromatic N) is 2. The molecule has 1 aromatic carbocycles. The Hall–Kier alpha value is -1.39. The molecule has 2 nitrogen and oxygen atoms in total. The maximum absolute atomic E-state index is 13.3. The summed E-state index contributed by atoms with van der Waals surface area (Å²) in [5.74, 6) is 0.828. The van der Waals surface area contributed by atoms with Crippen LogP contribution in [0.15, 0.2) is 30.3 Å². The first-order valence-electron chi connectivity index (χ1n) is 6.49. The van der Waals surface area contributed by atoms with E-state index in [-0.39, 0.29) is 5.82 Å². The quantitative estimate of drug-likeness (QED) is 0.645. The van der Waals surface area contributed by atoms with E-state index in [1.165, 1.54) is 21.9 Å². The average molecular weight is 309 g/mol. The Morgan fingerprint density at radius 3 is 2.75 bits per heavy atom. The Labute approximate surface area is 125 Å². The van der Waals surface area contributed by atoms with Crippen LogP contribution in [0.25, 0.3) is 11.0 Å². The maximum Gasteiger partial charge on any atom is 0.125 e. The molecule has 20 heavy (non-hydrogen) atoms. The molecule has 2 heterocycles. The number of hydrogen-bond acceptors (Lipinski definition) is 2. The number of halogens is 2. The van der Waals surface area contributed by atoms with Crippen LogP contribution in [0.5, 0.6) is 0 Å². The van der Waals surface area contributed by atoms with Crippen molar-refractivity contribution in [3.05, 3.63) is 51.7 Å². The number of imidazole rings is 1. The normalized spacial score (nSPS) is 11.3. The third-order valence-electron chi connectivity index (χ3n) is 3.29. The predicted molar refractivity (Wildman–Crippen MR) is 82.0 cm³/mol. The molecule has 0 bridgehead atoms. The number of rotatable bonds is 4. The highest BCUT2D eigenvalue weighted by atomic mass is 35.5. The van der Waals surface area contributed by atoms with Crippen LogP contribution < -0.4 is 0 Å². The van der Waals surface area contributed by atoms with Gasteiger partial charge in [-0.1, -0.05) is 6.92 Å². The van der Waals surface area contributed by atoms with Crippen LogP contribution >= 0.6 is 22.9 Å². The molecule has 5 heteroatoms. The van der Waals surface area contributed by atoms with E-state index < -0.39 is 0 Å². The topological polar surface area (TPSA) is 17.8 Å². The minimum absolute atomic E-state index is 0.271. The number of thiophene rings is 1. The van der Waals surface area contributed by atoms with E-state index in [4.69, 9.17) is 11.6 Å². The van der Waals surface area contributed by atoms with Gasteiger partial charge in [-0.3, -0.25) is 0 Å². The largest absolute Gasteiger partial charge is 0.322 e. The lowest BCUT2D eigenvalue weighted by Gasteiger charge is -2.05. The molecular weight excluding hydrogens is 295 g/mol. The summed E-state index contributed by atoms with van der Waals surface area (Å²) in [5, 5.41) is 0. The van der Waals surface area contributed by atoms with Crippen LogP contribution in [0, 0.1) is 5.82 Å². The van der Waals surface area contributed by atoms with Gasteiger partial charge in [0.15, 0.2) is 0 Å². The fraction of sp³-hybridized carbons (Fsp3) is 0.267. The highest BCUT2D eigenvalue weighted by Gasteiger charge is 2.12. The van der Waals surface area contributed by atoms with Gasteiger partial charge in [0.1, 0.15) is 11.6 Å². The van der Waals surface area contributed by atoms with E-state index in [0.29, 0.717) is 11.4 Å². The minimum atomic E-state index is -0.271. The molecular formula is C15H14ClFN2S. The van der Waals surface area contributed by atoms with Gasteiger partial charge in [0, 0.05) is 15.8 Å². The molecule has 0 saturated heterocycles. The first kappa shape index (κ1) is 13.6. The zero-order valence-corrected chi connectivity index (χ0v) is 12.6. The van der Waals surface area contributed by atoms with Crippen molar-refractivity contribution >= 4 is 34.0 Å². The summed E-state index contributed by atoms with van der Waals surface area (Å²) in [5.41, 5.74) is 1.58. The first-order valence-corrected chi connectivity index (χ1v) is 7.84. The van der Waals surface area contributed by atoms with Crippen molar-refractivity contribution in [1.29, 1.82) is 0 Å². The van der Waals surface area contributed by atoms with Crippen molar-refractivity contribution in [2.24, 2.45) is 0 Å². The Morgan fingerprint density at radius 2 is 2.05 bits per heavy atom. The Morgan fingerprint density at radius 1 is 1.25 bits per heavy atom. The number of hydrogen-bond donors (Lipinski definition) is 0. The predicted octanol–water partition coefficient (Wildman–Crippen LogP) is 4.59. The highest BCUT2D eigenvalue weighted by Crippen LogP contribution is 2.23. The Balaban J connectivity index is 2.04. The zero-order valence-electron chi connectivity index (χ0n) is 11.1. The summed E-state index contributed by atoms with van der Waals surface area (Å²) in [6, 6.07) is 8.97. The van der Waals surface area contributed by atoms with Crippen LogP contribution in [0.2, 0.25) is 0 Å². The molecule has 3 rings (SSSR count). The second kappa shape index (κ2) is 5.54. The van der Waals surface area contributed by atoms with E-state index in [1.54, 1.807) is 17.4 Å². The van der Waals surface area contributed by atoms with E-state index in [2.05, 4.69) is 28.6 Å². The molecule has 0 aliphatic rings. The number of aryl methyl sites for hydroxylation is 1. The molecule has 0 unspecified atom stereocenters. The van der Waals surface area contributed by atoms with Crippen molar-refractivity contribution in [2.75, 3.05) is 0 Å². The molecule has 0 fully saturated rings. The lowest BCUT2D eigenvalue weighted by molar-refractivity contribution is 0.629. The van der Waals surface area contributed by atoms with Gasteiger partial charge in [-0.15, -0.1) is 22.9 Å². The summed E-state index contributed by atoms with van der Waals surface area (Å²) in [4.78, 5) is 7.04. The summed E-state index contributed by atoms with van der Waals surface area (Å²) in [6.07, 6.45) is 1.04. The smallest absolute Gasteiger partial charge is 0.125 e. The number of alkyl halides is 1. The molecule has 0 radical (unpaired) electrons. The van der Waals surface area contributed by atoms with Crippen molar-refractivity contribution in [1.82, 2.24) is 9.55 Å². The van der Waals surface area contributed by atoms with Crippen molar-refractivity contribution < 1.29 is 4.39 Å². The summed E-state index contributed by atoms with van der Waals surface area (Å²) >= 11 is 7.76. The van der Waals surface area contributed by atoms with Gasteiger partial charge in [0.2, 0.25) is 0 Å².